The van der Waals surface area contributed by atoms with Crippen molar-refractivity contribution in [2.24, 2.45) is 0 Å². The number of carbonyl (C=O) groups is 2. The molecular formula is C9H14O5. The van der Waals surface area contributed by atoms with E-state index < -0.39 is 17.7 Å². The Labute approximate surface area is 82.3 Å². The van der Waals surface area contributed by atoms with E-state index >= 15 is 0 Å². The molecule has 0 amide bonds. The summed E-state index contributed by atoms with van der Waals surface area (Å²) in [5.74, 6) is -2.26. The standard InChI is InChI=1S/C6H10O3.C3H4O2/c1-3-4-9-6(8)5(2)7;1-2-3(4)5/h7H,2-4H2,1H3;2H,1H2,(H,4,5). The molecule has 0 aliphatic carbocycles. The van der Waals surface area contributed by atoms with Crippen LogP contribution in [0.4, 0.5) is 0 Å². The number of aliphatic carboxylic acids is 1. The van der Waals surface area contributed by atoms with Gasteiger partial charge in [-0.25, -0.2) is 9.59 Å². The largest absolute Gasteiger partial charge is 0.502 e. The van der Waals surface area contributed by atoms with Crippen LogP contribution in [-0.4, -0.2) is 28.8 Å². The van der Waals surface area contributed by atoms with Crippen molar-refractivity contribution in [1.82, 2.24) is 0 Å². The molecule has 0 rings (SSSR count). The summed E-state index contributed by atoms with van der Waals surface area (Å²) >= 11 is 0. The summed E-state index contributed by atoms with van der Waals surface area (Å²) in [7, 11) is 0. The van der Waals surface area contributed by atoms with Crippen LogP contribution in [-0.2, 0) is 14.3 Å². The molecule has 5 nitrogen and oxygen atoms in total. The summed E-state index contributed by atoms with van der Waals surface area (Å²) in [5.41, 5.74) is 0. The second kappa shape index (κ2) is 9.31. The summed E-state index contributed by atoms with van der Waals surface area (Å²) in [6.07, 6.45) is 1.58. The minimum absolute atomic E-state index is 0.332. The monoisotopic (exact) mass is 202 g/mol. The lowest BCUT2D eigenvalue weighted by Crippen LogP contribution is -2.06. The average Bonchev–Trinajstić information content (AvgIpc) is 2.14. The van der Waals surface area contributed by atoms with Gasteiger partial charge in [-0.05, 0) is 13.0 Å². The van der Waals surface area contributed by atoms with Crippen LogP contribution in [0, 0.1) is 0 Å². The molecule has 0 heterocycles. The van der Waals surface area contributed by atoms with Gasteiger partial charge in [-0.3, -0.25) is 0 Å². The second-order valence-corrected chi connectivity index (χ2v) is 2.12. The van der Waals surface area contributed by atoms with Crippen molar-refractivity contribution >= 4 is 11.9 Å². The second-order valence-electron chi connectivity index (χ2n) is 2.12. The Kier molecular flexibility index (Phi) is 9.79. The van der Waals surface area contributed by atoms with Gasteiger partial charge >= 0.3 is 11.9 Å². The van der Waals surface area contributed by atoms with Gasteiger partial charge < -0.3 is 14.9 Å². The Morgan fingerprint density at radius 2 is 1.86 bits per heavy atom. The first-order valence-corrected chi connectivity index (χ1v) is 3.86. The summed E-state index contributed by atoms with van der Waals surface area (Å²) in [6.45, 7) is 8.15. The predicted octanol–water partition coefficient (Wildman–Crippen LogP) is 1.27. The number of aliphatic hydroxyl groups excluding tert-OH is 1. The van der Waals surface area contributed by atoms with Crippen molar-refractivity contribution in [1.29, 1.82) is 0 Å². The van der Waals surface area contributed by atoms with Crippen molar-refractivity contribution < 1.29 is 24.5 Å². The van der Waals surface area contributed by atoms with Crippen molar-refractivity contribution in [3.63, 3.8) is 0 Å². The predicted molar refractivity (Wildman–Crippen MR) is 50.9 cm³/mol. The zero-order chi connectivity index (χ0) is 11.6. The fourth-order valence-electron chi connectivity index (χ4n) is 0.278. The summed E-state index contributed by atoms with van der Waals surface area (Å²) < 4.78 is 4.46. The van der Waals surface area contributed by atoms with E-state index in [9.17, 15) is 9.59 Å². The van der Waals surface area contributed by atoms with Gasteiger partial charge in [0.05, 0.1) is 6.61 Å². The molecule has 2 N–H and O–H groups in total. The first-order chi connectivity index (χ1) is 6.45. The zero-order valence-electron chi connectivity index (χ0n) is 8.02. The zero-order valence-corrected chi connectivity index (χ0v) is 8.02. The Balaban J connectivity index is 0. The van der Waals surface area contributed by atoms with Gasteiger partial charge in [0.1, 0.15) is 0 Å². The minimum atomic E-state index is -0.981. The number of hydrogen-bond acceptors (Lipinski definition) is 4. The molecule has 0 saturated carbocycles. The van der Waals surface area contributed by atoms with Crippen LogP contribution in [0.25, 0.3) is 0 Å². The molecule has 0 fully saturated rings. The van der Waals surface area contributed by atoms with Crippen molar-refractivity contribution in [3.05, 3.63) is 25.0 Å². The molecular weight excluding hydrogens is 188 g/mol. The van der Waals surface area contributed by atoms with E-state index in [0.29, 0.717) is 6.61 Å². The number of aliphatic hydroxyl groups is 1. The minimum Gasteiger partial charge on any atom is -0.502 e. The first kappa shape index (κ1) is 14.7. The number of carbonyl (C=O) groups excluding carboxylic acids is 1. The fraction of sp³-hybridized carbons (Fsp3) is 0.333. The lowest BCUT2D eigenvalue weighted by Gasteiger charge is -1.98. The van der Waals surface area contributed by atoms with E-state index in [1.165, 1.54) is 0 Å². The van der Waals surface area contributed by atoms with Gasteiger partial charge in [0, 0.05) is 6.08 Å². The quantitative estimate of drug-likeness (QED) is 0.407. The highest BCUT2D eigenvalue weighted by atomic mass is 16.5. The number of esters is 1. The molecule has 0 aliphatic rings. The maximum Gasteiger partial charge on any atom is 0.372 e. The molecule has 0 aromatic heterocycles. The Bertz CT molecular complexity index is 219. The third-order valence-corrected chi connectivity index (χ3v) is 0.848. The number of hydrogen-bond donors (Lipinski definition) is 2. The van der Waals surface area contributed by atoms with Gasteiger partial charge in [-0.15, -0.1) is 0 Å². The van der Waals surface area contributed by atoms with Crippen LogP contribution in [0.2, 0.25) is 0 Å². The molecule has 80 valence electrons. The van der Waals surface area contributed by atoms with Crippen molar-refractivity contribution in [2.75, 3.05) is 6.61 Å². The van der Waals surface area contributed by atoms with Gasteiger partial charge in [-0.1, -0.05) is 13.5 Å². The van der Waals surface area contributed by atoms with Crippen molar-refractivity contribution in [2.45, 2.75) is 13.3 Å². The average molecular weight is 202 g/mol. The molecule has 0 radical (unpaired) electrons. The molecule has 5 heteroatoms. The topological polar surface area (TPSA) is 83.8 Å². The maximum atomic E-state index is 10.3. The van der Waals surface area contributed by atoms with Gasteiger partial charge in [-0.2, -0.15) is 0 Å². The van der Waals surface area contributed by atoms with Gasteiger partial charge in [0.25, 0.3) is 0 Å². The molecule has 14 heavy (non-hydrogen) atoms. The molecule has 0 aromatic carbocycles. The van der Waals surface area contributed by atoms with Gasteiger partial charge in [0.15, 0.2) is 5.76 Å². The lowest BCUT2D eigenvalue weighted by atomic mass is 10.5. The summed E-state index contributed by atoms with van der Waals surface area (Å²) in [5, 5.41) is 16.0. The SMILES string of the molecule is C=C(O)C(=O)OCCC.C=CC(=O)O. The van der Waals surface area contributed by atoms with Crippen LogP contribution in [0.5, 0.6) is 0 Å². The highest BCUT2D eigenvalue weighted by Gasteiger charge is 2.02. The summed E-state index contributed by atoms with van der Waals surface area (Å²) in [6, 6.07) is 0. The highest BCUT2D eigenvalue weighted by Crippen LogP contribution is 1.88. The third kappa shape index (κ3) is 12.9. The number of carboxylic acid groups (broad SMARTS) is 1. The molecule has 0 atom stereocenters. The Hall–Kier alpha value is -1.78. The third-order valence-electron chi connectivity index (χ3n) is 0.848. The summed E-state index contributed by atoms with van der Waals surface area (Å²) in [4.78, 5) is 19.6. The van der Waals surface area contributed by atoms with E-state index in [1.807, 2.05) is 6.92 Å². The van der Waals surface area contributed by atoms with E-state index in [2.05, 4.69) is 17.9 Å². The first-order valence-electron chi connectivity index (χ1n) is 3.86. The highest BCUT2D eigenvalue weighted by molar-refractivity contribution is 5.84. The van der Waals surface area contributed by atoms with Crippen molar-refractivity contribution in [3.8, 4) is 0 Å². The van der Waals surface area contributed by atoms with Crippen LogP contribution in [0.1, 0.15) is 13.3 Å². The number of carboxylic acids is 1. The van der Waals surface area contributed by atoms with E-state index in [0.717, 1.165) is 12.5 Å². The maximum absolute atomic E-state index is 10.3. The number of rotatable bonds is 4. The van der Waals surface area contributed by atoms with E-state index in [-0.39, 0.29) is 0 Å². The van der Waals surface area contributed by atoms with Crippen LogP contribution in [0.15, 0.2) is 25.0 Å². The molecule has 0 unspecified atom stereocenters. The van der Waals surface area contributed by atoms with E-state index in [1.54, 1.807) is 0 Å². The van der Waals surface area contributed by atoms with E-state index in [4.69, 9.17) is 10.2 Å². The smallest absolute Gasteiger partial charge is 0.372 e. The normalized spacial score (nSPS) is 7.79. The molecule has 0 aromatic rings. The lowest BCUT2D eigenvalue weighted by molar-refractivity contribution is -0.142. The Morgan fingerprint density at radius 1 is 1.43 bits per heavy atom. The van der Waals surface area contributed by atoms with Crippen LogP contribution in [0.3, 0.4) is 0 Å². The van der Waals surface area contributed by atoms with Gasteiger partial charge in [0.2, 0.25) is 0 Å². The molecule has 0 saturated heterocycles. The fourth-order valence-corrected chi connectivity index (χ4v) is 0.278. The van der Waals surface area contributed by atoms with Crippen LogP contribution < -0.4 is 0 Å². The molecule has 0 aliphatic heterocycles. The molecule has 0 spiro atoms. The number of ether oxygens (including phenoxy) is 1. The Morgan fingerprint density at radius 3 is 2.07 bits per heavy atom. The molecule has 0 bridgehead atoms. The van der Waals surface area contributed by atoms with Crippen LogP contribution >= 0.6 is 0 Å².